The number of likely N-dealkylation sites (N-methyl/N-ethyl adjacent to an activating group) is 1. The summed E-state index contributed by atoms with van der Waals surface area (Å²) in [6, 6.07) is 10.5. The molecule has 0 radical (unpaired) electrons. The number of hydrogen-bond acceptors (Lipinski definition) is 3. The maximum Gasteiger partial charge on any atom is 0.230 e. The Bertz CT molecular complexity index is 463. The van der Waals surface area contributed by atoms with Crippen molar-refractivity contribution in [1.82, 2.24) is 10.2 Å². The van der Waals surface area contributed by atoms with Crippen LogP contribution in [0, 0.1) is 0 Å². The summed E-state index contributed by atoms with van der Waals surface area (Å²) in [5, 5.41) is 3.00. The zero-order chi connectivity index (χ0) is 15.8. The average molecular weight is 327 g/mol. The lowest BCUT2D eigenvalue weighted by Gasteiger charge is -2.22. The smallest absolute Gasteiger partial charge is 0.230 e. The Morgan fingerprint density at radius 1 is 1.33 bits per heavy atom. The van der Waals surface area contributed by atoms with Gasteiger partial charge in [-0.3, -0.25) is 4.79 Å². The second-order valence-corrected chi connectivity index (χ2v) is 6.90. The topological polar surface area (TPSA) is 36.8 Å². The highest BCUT2D eigenvalue weighted by Crippen LogP contribution is 2.09. The van der Waals surface area contributed by atoms with E-state index in [9.17, 15) is 4.79 Å². The third-order valence-electron chi connectivity index (χ3n) is 3.09. The molecule has 0 aliphatic heterocycles. The van der Waals surface area contributed by atoms with Crippen molar-refractivity contribution in [3.8, 4) is 0 Å². The largest absolute Gasteiger partial charge is 0.364 e. The van der Waals surface area contributed by atoms with Crippen molar-refractivity contribution in [2.75, 3.05) is 40.5 Å². The van der Waals surface area contributed by atoms with Crippen molar-refractivity contribution in [3.05, 3.63) is 35.9 Å². The lowest BCUT2D eigenvalue weighted by Crippen LogP contribution is -3.07. The number of carbonyl (C=O) groups excluding carboxylic acids is 1. The van der Waals surface area contributed by atoms with Crippen LogP contribution in [0.2, 0.25) is 0 Å². The standard InChI is InChI=1S/C15H23N3OS2/c1-17(2)13(12-8-6-5-7-9-12)10-16-14(19)11-21-15(20)18(3)4/h5-9,13H,10-11H2,1-4H3,(H,16,19)/p+1/t13-/m0/s1. The summed E-state index contributed by atoms with van der Waals surface area (Å²) in [6.07, 6.45) is 0. The number of carbonyl (C=O) groups is 1. The molecule has 1 rings (SSSR count). The van der Waals surface area contributed by atoms with Crippen LogP contribution in [0.4, 0.5) is 0 Å². The zero-order valence-electron chi connectivity index (χ0n) is 13.1. The van der Waals surface area contributed by atoms with Crippen molar-refractivity contribution < 1.29 is 9.69 Å². The van der Waals surface area contributed by atoms with Crippen LogP contribution in [-0.2, 0) is 4.79 Å². The molecule has 4 nitrogen and oxygen atoms in total. The molecule has 1 atom stereocenters. The van der Waals surface area contributed by atoms with Crippen molar-refractivity contribution in [2.24, 2.45) is 0 Å². The molecule has 0 bridgehead atoms. The SMILES string of the molecule is CN(C)C(=S)SCC(=O)NC[C@@H](c1ccccc1)[NH+](C)C. The van der Waals surface area contributed by atoms with Gasteiger partial charge < -0.3 is 15.1 Å². The summed E-state index contributed by atoms with van der Waals surface area (Å²) in [5.74, 6) is 0.382. The zero-order valence-corrected chi connectivity index (χ0v) is 14.7. The molecule has 21 heavy (non-hydrogen) atoms. The van der Waals surface area contributed by atoms with E-state index < -0.39 is 0 Å². The van der Waals surface area contributed by atoms with Gasteiger partial charge in [-0.1, -0.05) is 54.3 Å². The number of thiocarbonyl (C=S) groups is 1. The third-order valence-corrected chi connectivity index (χ3v) is 4.83. The maximum absolute atomic E-state index is 11.9. The predicted octanol–water partition coefficient (Wildman–Crippen LogP) is 0.568. The first-order chi connectivity index (χ1) is 9.91. The third kappa shape index (κ3) is 6.46. The highest BCUT2D eigenvalue weighted by atomic mass is 32.2. The van der Waals surface area contributed by atoms with Crippen LogP contribution < -0.4 is 10.2 Å². The van der Waals surface area contributed by atoms with Crippen LogP contribution in [0.1, 0.15) is 11.6 Å². The lowest BCUT2D eigenvalue weighted by molar-refractivity contribution is -0.890. The summed E-state index contributed by atoms with van der Waals surface area (Å²) >= 11 is 6.54. The molecule has 1 aromatic carbocycles. The molecular formula is C15H24N3OS2+. The molecule has 0 unspecified atom stereocenters. The van der Waals surface area contributed by atoms with E-state index in [0.29, 0.717) is 12.3 Å². The Morgan fingerprint density at radius 2 is 1.95 bits per heavy atom. The second kappa shape index (κ2) is 9.02. The molecule has 0 saturated carbocycles. The van der Waals surface area contributed by atoms with Gasteiger partial charge >= 0.3 is 0 Å². The molecular weight excluding hydrogens is 302 g/mol. The van der Waals surface area contributed by atoms with Crippen LogP contribution in [-0.4, -0.2) is 55.6 Å². The average Bonchev–Trinajstić information content (AvgIpc) is 2.45. The Kier molecular flexibility index (Phi) is 7.71. The second-order valence-electron chi connectivity index (χ2n) is 5.29. The predicted molar refractivity (Wildman–Crippen MR) is 93.7 cm³/mol. The molecule has 0 aromatic heterocycles. The Morgan fingerprint density at radius 3 is 2.48 bits per heavy atom. The molecule has 0 aliphatic rings. The number of rotatable bonds is 6. The minimum absolute atomic E-state index is 0.0198. The van der Waals surface area contributed by atoms with Gasteiger partial charge in [0, 0.05) is 19.7 Å². The Labute approximate surface area is 136 Å². The van der Waals surface area contributed by atoms with Crippen LogP contribution in [0.3, 0.4) is 0 Å². The maximum atomic E-state index is 11.9. The first-order valence-electron chi connectivity index (χ1n) is 6.87. The van der Waals surface area contributed by atoms with Crippen LogP contribution >= 0.6 is 24.0 Å². The minimum atomic E-state index is 0.0198. The van der Waals surface area contributed by atoms with E-state index >= 15 is 0 Å². The Balaban J connectivity index is 2.47. The number of amides is 1. The van der Waals surface area contributed by atoms with Gasteiger partial charge in [-0.15, -0.1) is 0 Å². The molecule has 1 aromatic rings. The quantitative estimate of drug-likeness (QED) is 0.750. The number of benzene rings is 1. The van der Waals surface area contributed by atoms with Crippen molar-refractivity contribution in [2.45, 2.75) is 6.04 Å². The molecule has 6 heteroatoms. The fourth-order valence-corrected chi connectivity index (χ4v) is 2.66. The highest BCUT2D eigenvalue weighted by molar-refractivity contribution is 8.23. The summed E-state index contributed by atoms with van der Waals surface area (Å²) in [5.41, 5.74) is 1.23. The molecule has 2 N–H and O–H groups in total. The van der Waals surface area contributed by atoms with Gasteiger partial charge in [-0.2, -0.15) is 0 Å². The first kappa shape index (κ1) is 17.9. The van der Waals surface area contributed by atoms with E-state index in [1.54, 1.807) is 0 Å². The van der Waals surface area contributed by atoms with Crippen molar-refractivity contribution >= 4 is 34.2 Å². The summed E-state index contributed by atoms with van der Waals surface area (Å²) in [4.78, 5) is 15.0. The molecule has 116 valence electrons. The fraction of sp³-hybridized carbons (Fsp3) is 0.467. The van der Waals surface area contributed by atoms with Crippen LogP contribution in [0.25, 0.3) is 0 Å². The Hall–Kier alpha value is -1.11. The van der Waals surface area contributed by atoms with Gasteiger partial charge in [-0.25, -0.2) is 0 Å². The van der Waals surface area contributed by atoms with Gasteiger partial charge in [0.1, 0.15) is 10.4 Å². The molecule has 0 spiro atoms. The fourth-order valence-electron chi connectivity index (χ4n) is 1.86. The lowest BCUT2D eigenvalue weighted by atomic mass is 10.1. The van der Waals surface area contributed by atoms with Crippen molar-refractivity contribution in [3.63, 3.8) is 0 Å². The molecule has 0 heterocycles. The van der Waals surface area contributed by atoms with E-state index in [1.807, 2.05) is 37.2 Å². The molecule has 0 fully saturated rings. The minimum Gasteiger partial charge on any atom is -0.364 e. The van der Waals surface area contributed by atoms with E-state index in [0.717, 1.165) is 4.32 Å². The van der Waals surface area contributed by atoms with Crippen molar-refractivity contribution in [1.29, 1.82) is 0 Å². The van der Waals surface area contributed by atoms with Gasteiger partial charge in [0.25, 0.3) is 0 Å². The van der Waals surface area contributed by atoms with E-state index in [1.165, 1.54) is 22.2 Å². The number of nitrogens with one attached hydrogen (secondary N) is 2. The number of nitrogens with zero attached hydrogens (tertiary/aromatic N) is 1. The number of thioether (sulfide) groups is 1. The summed E-state index contributed by atoms with van der Waals surface area (Å²) < 4.78 is 0.725. The highest BCUT2D eigenvalue weighted by Gasteiger charge is 2.18. The number of quaternary nitrogens is 1. The molecule has 0 aliphatic carbocycles. The normalized spacial score (nSPS) is 12.0. The summed E-state index contributed by atoms with van der Waals surface area (Å²) in [6.45, 7) is 0.625. The molecule has 1 amide bonds. The van der Waals surface area contributed by atoms with Crippen LogP contribution in [0.15, 0.2) is 30.3 Å². The van der Waals surface area contributed by atoms with Gasteiger partial charge in [0.2, 0.25) is 5.91 Å². The summed E-state index contributed by atoms with van der Waals surface area (Å²) in [7, 11) is 7.96. The van der Waals surface area contributed by atoms with E-state index in [2.05, 4.69) is 31.5 Å². The van der Waals surface area contributed by atoms with E-state index in [4.69, 9.17) is 12.2 Å². The molecule has 0 saturated heterocycles. The van der Waals surface area contributed by atoms with Gasteiger partial charge in [-0.05, 0) is 0 Å². The first-order valence-corrected chi connectivity index (χ1v) is 8.27. The van der Waals surface area contributed by atoms with Gasteiger partial charge in [0.05, 0.1) is 26.4 Å². The van der Waals surface area contributed by atoms with E-state index in [-0.39, 0.29) is 11.9 Å². The number of hydrogen-bond donors (Lipinski definition) is 2. The van der Waals surface area contributed by atoms with Crippen LogP contribution in [0.5, 0.6) is 0 Å². The van der Waals surface area contributed by atoms with Gasteiger partial charge in [0.15, 0.2) is 0 Å². The monoisotopic (exact) mass is 326 g/mol.